The first-order chi connectivity index (χ1) is 6.15. The van der Waals surface area contributed by atoms with Crippen LogP contribution in [0.25, 0.3) is 0 Å². The highest BCUT2D eigenvalue weighted by Crippen LogP contribution is 2.24. The fourth-order valence-corrected chi connectivity index (χ4v) is 1.93. The molecule has 2 N–H and O–H groups in total. The van der Waals surface area contributed by atoms with Crippen molar-refractivity contribution in [1.82, 2.24) is 5.01 Å². The normalized spacial score (nSPS) is 23.2. The molecule has 0 aromatic heterocycles. The number of nitrogens with two attached hydrogens (primary N) is 1. The van der Waals surface area contributed by atoms with Gasteiger partial charge in [0.1, 0.15) is 0 Å². The molecule has 1 aliphatic heterocycles. The van der Waals surface area contributed by atoms with Crippen LogP contribution in [-0.2, 0) is 0 Å². The molecule has 0 amide bonds. The van der Waals surface area contributed by atoms with Crippen molar-refractivity contribution in [2.45, 2.75) is 40.0 Å². The Kier molecular flexibility index (Phi) is 3.79. The fourth-order valence-electron chi connectivity index (χ4n) is 1.93. The predicted molar refractivity (Wildman–Crippen MR) is 56.8 cm³/mol. The lowest BCUT2D eigenvalue weighted by molar-refractivity contribution is 0.393. The molecule has 0 spiro atoms. The highest BCUT2D eigenvalue weighted by atomic mass is 15.4. The third-order valence-corrected chi connectivity index (χ3v) is 2.94. The van der Waals surface area contributed by atoms with E-state index in [1.165, 1.54) is 25.0 Å². The maximum Gasteiger partial charge on any atom is 0.0342 e. The Labute approximate surface area is 81.8 Å². The summed E-state index contributed by atoms with van der Waals surface area (Å²) < 4.78 is 0. The van der Waals surface area contributed by atoms with Crippen LogP contribution in [-0.4, -0.2) is 11.6 Å². The van der Waals surface area contributed by atoms with Crippen molar-refractivity contribution in [2.75, 3.05) is 6.54 Å². The Morgan fingerprint density at radius 2 is 2.23 bits per heavy atom. The summed E-state index contributed by atoms with van der Waals surface area (Å²) in [4.78, 5) is 0. The van der Waals surface area contributed by atoms with Crippen molar-refractivity contribution in [1.29, 1.82) is 0 Å². The lowest BCUT2D eigenvalue weighted by Gasteiger charge is -2.19. The van der Waals surface area contributed by atoms with E-state index < -0.39 is 0 Å². The lowest BCUT2D eigenvalue weighted by Crippen LogP contribution is -2.26. The minimum atomic E-state index is 0.694. The van der Waals surface area contributed by atoms with Gasteiger partial charge in [-0.1, -0.05) is 26.8 Å². The summed E-state index contributed by atoms with van der Waals surface area (Å²) in [6.45, 7) is 7.83. The van der Waals surface area contributed by atoms with Crippen LogP contribution in [0.5, 0.6) is 0 Å². The zero-order valence-electron chi connectivity index (χ0n) is 9.09. The summed E-state index contributed by atoms with van der Waals surface area (Å²) in [6.07, 6.45) is 5.98. The van der Waals surface area contributed by atoms with E-state index in [1.54, 1.807) is 0 Å². The molecule has 0 aliphatic carbocycles. The Bertz CT molecular complexity index is 185. The van der Waals surface area contributed by atoms with E-state index in [2.05, 4.69) is 26.8 Å². The van der Waals surface area contributed by atoms with Gasteiger partial charge in [0, 0.05) is 12.2 Å². The van der Waals surface area contributed by atoms with Crippen LogP contribution < -0.4 is 5.84 Å². The molecular formula is C11H22N2. The van der Waals surface area contributed by atoms with Crippen LogP contribution in [0.4, 0.5) is 0 Å². The van der Waals surface area contributed by atoms with Crippen molar-refractivity contribution >= 4 is 0 Å². The molecule has 1 atom stereocenters. The highest BCUT2D eigenvalue weighted by Gasteiger charge is 2.16. The van der Waals surface area contributed by atoms with Gasteiger partial charge < -0.3 is 5.01 Å². The number of hydrogen-bond donors (Lipinski definition) is 1. The smallest absolute Gasteiger partial charge is 0.0342 e. The molecule has 1 saturated heterocycles. The lowest BCUT2D eigenvalue weighted by atomic mass is 9.92. The van der Waals surface area contributed by atoms with E-state index in [4.69, 9.17) is 5.84 Å². The standard InChI is InChI=1S/C11H22N2/c1-4-10(9(2)3)8-11-6-5-7-13(11)12/h8-10H,4-7,12H2,1-3H3/b11-8-. The first-order valence-electron chi connectivity index (χ1n) is 5.38. The number of hydrazine groups is 1. The van der Waals surface area contributed by atoms with Gasteiger partial charge in [-0.05, 0) is 31.1 Å². The van der Waals surface area contributed by atoms with E-state index in [0.717, 1.165) is 12.5 Å². The van der Waals surface area contributed by atoms with Gasteiger partial charge in [0.2, 0.25) is 0 Å². The number of hydrogen-bond acceptors (Lipinski definition) is 2. The van der Waals surface area contributed by atoms with Gasteiger partial charge in [-0.2, -0.15) is 0 Å². The molecule has 0 saturated carbocycles. The van der Waals surface area contributed by atoms with Crippen molar-refractivity contribution < 1.29 is 0 Å². The van der Waals surface area contributed by atoms with Crippen LogP contribution in [0.1, 0.15) is 40.0 Å². The summed E-state index contributed by atoms with van der Waals surface area (Å²) in [7, 11) is 0. The van der Waals surface area contributed by atoms with Crippen LogP contribution in [0.15, 0.2) is 11.8 Å². The molecule has 76 valence electrons. The minimum Gasteiger partial charge on any atom is -0.315 e. The first kappa shape index (κ1) is 10.6. The Morgan fingerprint density at radius 1 is 1.54 bits per heavy atom. The number of allylic oxidation sites excluding steroid dienone is 2. The summed E-state index contributed by atoms with van der Waals surface area (Å²) in [5.74, 6) is 7.27. The van der Waals surface area contributed by atoms with Gasteiger partial charge in [0.25, 0.3) is 0 Å². The molecule has 0 bridgehead atoms. The SMILES string of the molecule is CCC(/C=C1/CCCN1N)C(C)C. The molecule has 0 aromatic rings. The van der Waals surface area contributed by atoms with E-state index in [1.807, 2.05) is 5.01 Å². The average molecular weight is 182 g/mol. The Balaban J connectivity index is 2.61. The van der Waals surface area contributed by atoms with Crippen LogP contribution >= 0.6 is 0 Å². The minimum absolute atomic E-state index is 0.694. The van der Waals surface area contributed by atoms with Gasteiger partial charge in [0.15, 0.2) is 0 Å². The second-order valence-corrected chi connectivity index (χ2v) is 4.27. The van der Waals surface area contributed by atoms with Gasteiger partial charge >= 0.3 is 0 Å². The predicted octanol–water partition coefficient (Wildman–Crippen LogP) is 2.52. The van der Waals surface area contributed by atoms with Crippen LogP contribution in [0.3, 0.4) is 0 Å². The fraction of sp³-hybridized carbons (Fsp3) is 0.818. The third kappa shape index (κ3) is 2.73. The van der Waals surface area contributed by atoms with Gasteiger partial charge in [-0.25, -0.2) is 5.84 Å². The van der Waals surface area contributed by atoms with Crippen molar-refractivity contribution in [3.63, 3.8) is 0 Å². The Hall–Kier alpha value is -0.500. The van der Waals surface area contributed by atoms with E-state index in [9.17, 15) is 0 Å². The van der Waals surface area contributed by atoms with Crippen molar-refractivity contribution in [2.24, 2.45) is 17.7 Å². The van der Waals surface area contributed by atoms with Crippen LogP contribution in [0, 0.1) is 11.8 Å². The van der Waals surface area contributed by atoms with Gasteiger partial charge in [-0.15, -0.1) is 0 Å². The summed E-state index contributed by atoms with van der Waals surface area (Å²) in [5.41, 5.74) is 1.35. The van der Waals surface area contributed by atoms with Crippen molar-refractivity contribution in [3.05, 3.63) is 11.8 Å². The second-order valence-electron chi connectivity index (χ2n) is 4.27. The molecule has 13 heavy (non-hydrogen) atoms. The molecule has 2 heteroatoms. The molecule has 1 unspecified atom stereocenters. The Morgan fingerprint density at radius 3 is 2.62 bits per heavy atom. The third-order valence-electron chi connectivity index (χ3n) is 2.94. The molecule has 0 aromatic carbocycles. The van der Waals surface area contributed by atoms with Gasteiger partial charge in [-0.3, -0.25) is 0 Å². The molecule has 0 radical (unpaired) electrons. The summed E-state index contributed by atoms with van der Waals surface area (Å²) >= 11 is 0. The van der Waals surface area contributed by atoms with E-state index >= 15 is 0 Å². The monoisotopic (exact) mass is 182 g/mol. The van der Waals surface area contributed by atoms with E-state index in [-0.39, 0.29) is 0 Å². The zero-order chi connectivity index (χ0) is 9.84. The molecule has 1 aliphatic rings. The first-order valence-corrected chi connectivity index (χ1v) is 5.38. The van der Waals surface area contributed by atoms with E-state index in [0.29, 0.717) is 5.92 Å². The number of rotatable bonds is 3. The average Bonchev–Trinajstić information content (AvgIpc) is 2.46. The largest absolute Gasteiger partial charge is 0.315 e. The molecule has 1 fully saturated rings. The quantitative estimate of drug-likeness (QED) is 0.680. The molecule has 1 heterocycles. The molecule has 1 rings (SSSR count). The maximum atomic E-state index is 5.85. The molecular weight excluding hydrogens is 160 g/mol. The summed E-state index contributed by atoms with van der Waals surface area (Å²) in [6, 6.07) is 0. The number of nitrogens with zero attached hydrogens (tertiary/aromatic N) is 1. The highest BCUT2D eigenvalue weighted by molar-refractivity contribution is 5.06. The summed E-state index contributed by atoms with van der Waals surface area (Å²) in [5, 5.41) is 1.91. The maximum absolute atomic E-state index is 5.85. The zero-order valence-corrected chi connectivity index (χ0v) is 9.09. The van der Waals surface area contributed by atoms with Crippen molar-refractivity contribution in [3.8, 4) is 0 Å². The van der Waals surface area contributed by atoms with Gasteiger partial charge in [0.05, 0.1) is 0 Å². The van der Waals surface area contributed by atoms with Crippen LogP contribution in [0.2, 0.25) is 0 Å². The second kappa shape index (κ2) is 4.66. The topological polar surface area (TPSA) is 29.3 Å². The molecule has 2 nitrogen and oxygen atoms in total.